The summed E-state index contributed by atoms with van der Waals surface area (Å²) in [6, 6.07) is 5.65. The van der Waals surface area contributed by atoms with Gasteiger partial charge in [-0.2, -0.15) is 0 Å². The molecule has 1 aromatic heterocycles. The second-order valence-electron chi connectivity index (χ2n) is 7.75. The number of amidine groups is 1. The molecule has 6 N–H and O–H groups in total. The van der Waals surface area contributed by atoms with E-state index in [0.717, 1.165) is 24.4 Å². The van der Waals surface area contributed by atoms with Crippen molar-refractivity contribution in [3.63, 3.8) is 0 Å². The fourth-order valence-corrected chi connectivity index (χ4v) is 6.21. The number of amides is 1. The first-order valence-corrected chi connectivity index (χ1v) is 10.9. The third-order valence-corrected chi connectivity index (χ3v) is 8.13. The van der Waals surface area contributed by atoms with E-state index in [4.69, 9.17) is 11.5 Å². The number of pyridine rings is 1. The van der Waals surface area contributed by atoms with E-state index in [1.54, 1.807) is 0 Å². The van der Waals surface area contributed by atoms with E-state index in [-0.39, 0.29) is 35.6 Å². The molecular formula is C19H19F2N5O4S. The monoisotopic (exact) mass is 451 g/mol. The van der Waals surface area contributed by atoms with Crippen molar-refractivity contribution in [3.05, 3.63) is 59.4 Å². The summed E-state index contributed by atoms with van der Waals surface area (Å²) in [5.74, 6) is -3.14. The number of nitrogens with one attached hydrogen (secondary N) is 1. The minimum atomic E-state index is -3.96. The molecule has 1 unspecified atom stereocenters. The van der Waals surface area contributed by atoms with Gasteiger partial charge in [-0.1, -0.05) is 0 Å². The second kappa shape index (κ2) is 7.04. The van der Waals surface area contributed by atoms with Crippen LogP contribution >= 0.6 is 0 Å². The van der Waals surface area contributed by atoms with Gasteiger partial charge >= 0.3 is 0 Å². The minimum absolute atomic E-state index is 0.0808. The number of anilines is 1. The lowest BCUT2D eigenvalue weighted by molar-refractivity contribution is 0.0784. The Kier molecular flexibility index (Phi) is 4.83. The maximum atomic E-state index is 14.6. The van der Waals surface area contributed by atoms with Gasteiger partial charge < -0.3 is 21.9 Å². The van der Waals surface area contributed by atoms with Crippen LogP contribution in [0.1, 0.15) is 28.9 Å². The van der Waals surface area contributed by atoms with Gasteiger partial charge in [0, 0.05) is 24.1 Å². The molecule has 2 aromatic rings. The van der Waals surface area contributed by atoms with Crippen molar-refractivity contribution in [3.8, 4) is 0 Å². The number of sulfone groups is 1. The summed E-state index contributed by atoms with van der Waals surface area (Å²) < 4.78 is 52.0. The molecule has 1 aliphatic carbocycles. The van der Waals surface area contributed by atoms with Crippen LogP contribution in [0.25, 0.3) is 0 Å². The number of hydrogen-bond acceptors (Lipinski definition) is 8. The molecule has 1 amide bonds. The van der Waals surface area contributed by atoms with Gasteiger partial charge in [0.25, 0.3) is 5.91 Å². The van der Waals surface area contributed by atoms with Crippen molar-refractivity contribution < 1.29 is 27.1 Å². The molecule has 1 atom stereocenters. The van der Waals surface area contributed by atoms with Gasteiger partial charge in [0.1, 0.15) is 27.9 Å². The summed E-state index contributed by atoms with van der Waals surface area (Å²) in [6.07, 6.45) is -0.130. The topological polar surface area (TPSA) is 161 Å². The van der Waals surface area contributed by atoms with Crippen LogP contribution in [0.15, 0.2) is 41.5 Å². The molecule has 164 valence electrons. The number of nitrogens with two attached hydrogens (primary N) is 2. The number of nitrogens with zero attached hydrogens (tertiary/aromatic N) is 2. The van der Waals surface area contributed by atoms with E-state index in [9.17, 15) is 27.1 Å². The normalized spacial score (nSPS) is 29.2. The number of halogens is 2. The van der Waals surface area contributed by atoms with Gasteiger partial charge in [-0.05, 0) is 30.3 Å². The summed E-state index contributed by atoms with van der Waals surface area (Å²) >= 11 is 0. The summed E-state index contributed by atoms with van der Waals surface area (Å²) in [6.45, 7) is 0. The molecule has 1 spiro atoms. The highest BCUT2D eigenvalue weighted by molar-refractivity contribution is 7.93. The number of carbonyl (C=O) groups is 1. The lowest BCUT2D eigenvalue weighted by Crippen LogP contribution is -2.67. The van der Waals surface area contributed by atoms with Crippen LogP contribution in [-0.4, -0.2) is 46.9 Å². The molecule has 1 saturated carbocycles. The average Bonchev–Trinajstić information content (AvgIpc) is 2.65. The van der Waals surface area contributed by atoms with E-state index >= 15 is 0 Å². The SMILES string of the molecule is NC1=NC(N)(c2cc(NC(=O)c3ccc(F)cn3)ccc2F)CS(=O)(=O)C12CC(O)C2. The second-order valence-corrected chi connectivity index (χ2v) is 10.0. The summed E-state index contributed by atoms with van der Waals surface area (Å²) in [7, 11) is -3.96. The predicted octanol–water partition coefficient (Wildman–Crippen LogP) is 0.403. The number of rotatable bonds is 3. The van der Waals surface area contributed by atoms with Crippen molar-refractivity contribution >= 4 is 27.3 Å². The van der Waals surface area contributed by atoms with Crippen LogP contribution in [0.2, 0.25) is 0 Å². The highest BCUT2D eigenvalue weighted by atomic mass is 32.2. The number of hydrogen-bond donors (Lipinski definition) is 4. The number of carbonyl (C=O) groups excluding carboxylic acids is 1. The number of aromatic nitrogens is 1. The Morgan fingerprint density at radius 2 is 1.94 bits per heavy atom. The molecule has 12 heteroatoms. The van der Waals surface area contributed by atoms with E-state index in [0.29, 0.717) is 0 Å². The summed E-state index contributed by atoms with van der Waals surface area (Å²) in [5, 5.41) is 12.1. The maximum absolute atomic E-state index is 14.6. The quantitative estimate of drug-likeness (QED) is 0.525. The van der Waals surface area contributed by atoms with Gasteiger partial charge in [0.2, 0.25) is 0 Å². The lowest BCUT2D eigenvalue weighted by Gasteiger charge is -2.48. The molecule has 31 heavy (non-hydrogen) atoms. The van der Waals surface area contributed by atoms with Crippen molar-refractivity contribution in [2.24, 2.45) is 16.5 Å². The maximum Gasteiger partial charge on any atom is 0.274 e. The first-order valence-electron chi connectivity index (χ1n) is 9.24. The Labute approximate surface area is 176 Å². The number of benzene rings is 1. The highest BCUT2D eigenvalue weighted by Crippen LogP contribution is 2.46. The number of aliphatic imine (C=N–C) groups is 1. The molecule has 1 aliphatic heterocycles. The van der Waals surface area contributed by atoms with Crippen LogP contribution in [-0.2, 0) is 15.5 Å². The third kappa shape index (κ3) is 3.46. The van der Waals surface area contributed by atoms with Gasteiger partial charge in [0.05, 0.1) is 18.1 Å². The average molecular weight is 451 g/mol. The van der Waals surface area contributed by atoms with Gasteiger partial charge in [-0.15, -0.1) is 0 Å². The standard InChI is InChI=1S/C19H19F2N5O4S/c20-10-1-4-15(24-8-10)16(28)25-11-2-3-14(21)13(5-11)19(23)9-31(29,30)18(17(22)26-19)6-12(27)7-18/h1-5,8,12,27H,6-7,9,23H2,(H2,22,26)(H,25,28). The molecule has 4 rings (SSSR count). The molecule has 0 bridgehead atoms. The molecule has 1 aromatic carbocycles. The smallest absolute Gasteiger partial charge is 0.274 e. The first kappa shape index (κ1) is 21.3. The summed E-state index contributed by atoms with van der Waals surface area (Å²) in [5.41, 5.74) is 9.84. The fourth-order valence-electron chi connectivity index (χ4n) is 3.88. The Hall–Kier alpha value is -2.96. The zero-order chi connectivity index (χ0) is 22.6. The lowest BCUT2D eigenvalue weighted by atomic mass is 9.80. The Morgan fingerprint density at radius 3 is 2.52 bits per heavy atom. The number of aliphatic hydroxyl groups is 1. The van der Waals surface area contributed by atoms with Crippen LogP contribution in [0.4, 0.5) is 14.5 Å². The van der Waals surface area contributed by atoms with Crippen molar-refractivity contribution in [2.45, 2.75) is 29.4 Å². The van der Waals surface area contributed by atoms with Gasteiger partial charge in [0.15, 0.2) is 15.5 Å². The zero-order valence-electron chi connectivity index (χ0n) is 16.0. The van der Waals surface area contributed by atoms with Gasteiger partial charge in [-0.25, -0.2) is 27.2 Å². The molecule has 1 fully saturated rings. The van der Waals surface area contributed by atoms with Crippen LogP contribution in [0, 0.1) is 11.6 Å². The van der Waals surface area contributed by atoms with E-state index < -0.39 is 49.6 Å². The van der Waals surface area contributed by atoms with Gasteiger partial charge in [-0.3, -0.25) is 4.79 Å². The molecule has 9 nitrogen and oxygen atoms in total. The molecular weight excluding hydrogens is 432 g/mol. The Balaban J connectivity index is 1.68. The largest absolute Gasteiger partial charge is 0.393 e. The van der Waals surface area contributed by atoms with Crippen LogP contribution in [0.3, 0.4) is 0 Å². The molecule has 2 heterocycles. The highest BCUT2D eigenvalue weighted by Gasteiger charge is 2.61. The number of aliphatic hydroxyl groups excluding tert-OH is 1. The zero-order valence-corrected chi connectivity index (χ0v) is 16.9. The van der Waals surface area contributed by atoms with Crippen molar-refractivity contribution in [2.75, 3.05) is 11.1 Å². The molecule has 0 saturated heterocycles. The first-order chi connectivity index (χ1) is 14.5. The molecule has 2 aliphatic rings. The third-order valence-electron chi connectivity index (χ3n) is 5.57. The molecule has 0 radical (unpaired) electrons. The Morgan fingerprint density at radius 1 is 1.23 bits per heavy atom. The van der Waals surface area contributed by atoms with Crippen molar-refractivity contribution in [1.82, 2.24) is 4.98 Å². The predicted molar refractivity (Wildman–Crippen MR) is 108 cm³/mol. The van der Waals surface area contributed by atoms with E-state index in [1.807, 2.05) is 0 Å². The van der Waals surface area contributed by atoms with E-state index in [2.05, 4.69) is 15.3 Å². The summed E-state index contributed by atoms with van der Waals surface area (Å²) in [4.78, 5) is 20.1. The van der Waals surface area contributed by atoms with Crippen LogP contribution in [0.5, 0.6) is 0 Å². The van der Waals surface area contributed by atoms with Crippen LogP contribution < -0.4 is 16.8 Å². The minimum Gasteiger partial charge on any atom is -0.393 e. The Bertz CT molecular complexity index is 1200. The van der Waals surface area contributed by atoms with E-state index in [1.165, 1.54) is 12.1 Å². The fraction of sp³-hybridized carbons (Fsp3) is 0.316. The van der Waals surface area contributed by atoms with Crippen molar-refractivity contribution in [1.29, 1.82) is 0 Å².